The molecule has 2 heteroatoms. The summed E-state index contributed by atoms with van der Waals surface area (Å²) in [6, 6.07) is 0. The fourth-order valence-corrected chi connectivity index (χ4v) is 4.06. The monoisotopic (exact) mass is 254 g/mol. The first-order chi connectivity index (χ1) is 8.27. The van der Waals surface area contributed by atoms with Crippen molar-refractivity contribution in [3.63, 3.8) is 0 Å². The lowest BCUT2D eigenvalue weighted by molar-refractivity contribution is -0.214. The topological polar surface area (TPSA) is 29.5 Å². The first-order valence-corrected chi connectivity index (χ1v) is 7.60. The molecule has 0 spiro atoms. The van der Waals surface area contributed by atoms with Crippen molar-refractivity contribution in [3.05, 3.63) is 0 Å². The summed E-state index contributed by atoms with van der Waals surface area (Å²) in [6.07, 6.45) is 6.00. The van der Waals surface area contributed by atoms with Crippen molar-refractivity contribution in [1.82, 2.24) is 0 Å². The summed E-state index contributed by atoms with van der Waals surface area (Å²) in [4.78, 5) is 0. The highest BCUT2D eigenvalue weighted by molar-refractivity contribution is 5.01. The summed E-state index contributed by atoms with van der Waals surface area (Å²) in [6.45, 7) is 11.4. The van der Waals surface area contributed by atoms with Crippen LogP contribution >= 0.6 is 0 Å². The molecule has 2 aliphatic carbocycles. The standard InChI is InChI=1S/C16H30O2/c1-6-16(5)13(17)8-14(16)18-12-7-11(2)9-15(3,4)10-12/h11-14,17H,6-10H2,1-5H3. The lowest BCUT2D eigenvalue weighted by Crippen LogP contribution is -2.57. The van der Waals surface area contributed by atoms with E-state index in [-0.39, 0.29) is 17.6 Å². The Morgan fingerprint density at radius 3 is 2.33 bits per heavy atom. The Labute approximate surface area is 112 Å². The van der Waals surface area contributed by atoms with Crippen molar-refractivity contribution in [2.24, 2.45) is 16.7 Å². The molecule has 5 atom stereocenters. The van der Waals surface area contributed by atoms with Crippen molar-refractivity contribution in [2.45, 2.75) is 85.0 Å². The largest absolute Gasteiger partial charge is 0.392 e. The predicted octanol–water partition coefficient (Wildman–Crippen LogP) is 3.77. The molecule has 106 valence electrons. The minimum Gasteiger partial charge on any atom is -0.392 e. The van der Waals surface area contributed by atoms with Crippen molar-refractivity contribution in [3.8, 4) is 0 Å². The summed E-state index contributed by atoms with van der Waals surface area (Å²) >= 11 is 0. The van der Waals surface area contributed by atoms with E-state index in [1.807, 2.05) is 0 Å². The van der Waals surface area contributed by atoms with Gasteiger partial charge >= 0.3 is 0 Å². The molecule has 0 aromatic rings. The van der Waals surface area contributed by atoms with Gasteiger partial charge in [-0.25, -0.2) is 0 Å². The summed E-state index contributed by atoms with van der Waals surface area (Å²) < 4.78 is 6.35. The highest BCUT2D eigenvalue weighted by atomic mass is 16.5. The van der Waals surface area contributed by atoms with E-state index in [9.17, 15) is 5.11 Å². The van der Waals surface area contributed by atoms with Crippen molar-refractivity contribution < 1.29 is 9.84 Å². The zero-order chi connectivity index (χ0) is 13.6. The van der Waals surface area contributed by atoms with E-state index in [2.05, 4.69) is 34.6 Å². The van der Waals surface area contributed by atoms with Gasteiger partial charge in [0.25, 0.3) is 0 Å². The van der Waals surface area contributed by atoms with E-state index in [0.29, 0.717) is 11.5 Å². The molecule has 0 aromatic heterocycles. The lowest BCUT2D eigenvalue weighted by Gasteiger charge is -2.53. The molecule has 0 heterocycles. The van der Waals surface area contributed by atoms with Gasteiger partial charge in [-0.05, 0) is 37.0 Å². The van der Waals surface area contributed by atoms with Gasteiger partial charge in [0.1, 0.15) is 0 Å². The van der Waals surface area contributed by atoms with E-state index in [1.54, 1.807) is 0 Å². The Bertz CT molecular complexity index is 299. The number of aliphatic hydroxyl groups is 1. The number of hydrogen-bond donors (Lipinski definition) is 1. The summed E-state index contributed by atoms with van der Waals surface area (Å²) in [5.74, 6) is 0.761. The maximum atomic E-state index is 9.94. The Balaban J connectivity index is 1.94. The minimum atomic E-state index is -0.165. The van der Waals surface area contributed by atoms with Crippen LogP contribution in [0.5, 0.6) is 0 Å². The van der Waals surface area contributed by atoms with Crippen LogP contribution in [0.25, 0.3) is 0 Å². The summed E-state index contributed by atoms with van der Waals surface area (Å²) in [5, 5.41) is 9.94. The third kappa shape index (κ3) is 2.60. The molecule has 0 aliphatic heterocycles. The number of ether oxygens (including phenoxy) is 1. The Hall–Kier alpha value is -0.0800. The molecule has 5 unspecified atom stereocenters. The van der Waals surface area contributed by atoms with E-state index in [4.69, 9.17) is 4.74 Å². The maximum Gasteiger partial charge on any atom is 0.0681 e. The molecule has 2 fully saturated rings. The molecule has 18 heavy (non-hydrogen) atoms. The molecule has 2 aliphatic rings. The molecule has 0 saturated heterocycles. The van der Waals surface area contributed by atoms with Gasteiger partial charge in [0.15, 0.2) is 0 Å². The van der Waals surface area contributed by atoms with Gasteiger partial charge in [0.05, 0.1) is 18.3 Å². The average Bonchev–Trinajstić information content (AvgIpc) is 2.24. The predicted molar refractivity (Wildman–Crippen MR) is 74.5 cm³/mol. The van der Waals surface area contributed by atoms with Gasteiger partial charge < -0.3 is 9.84 Å². The second kappa shape index (κ2) is 4.79. The van der Waals surface area contributed by atoms with Gasteiger partial charge in [-0.3, -0.25) is 0 Å². The third-order valence-corrected chi connectivity index (χ3v) is 5.40. The smallest absolute Gasteiger partial charge is 0.0681 e. The van der Waals surface area contributed by atoms with Crippen molar-refractivity contribution in [1.29, 1.82) is 0 Å². The van der Waals surface area contributed by atoms with E-state index in [0.717, 1.165) is 18.8 Å². The van der Waals surface area contributed by atoms with E-state index < -0.39 is 0 Å². The average molecular weight is 254 g/mol. The SMILES string of the molecule is CCC1(C)C(O)CC1OC1CC(C)CC(C)(C)C1. The molecular weight excluding hydrogens is 224 g/mol. The first-order valence-electron chi connectivity index (χ1n) is 7.60. The van der Waals surface area contributed by atoms with Gasteiger partial charge in [-0.15, -0.1) is 0 Å². The Morgan fingerprint density at radius 2 is 1.83 bits per heavy atom. The lowest BCUT2D eigenvalue weighted by atomic mass is 9.63. The Morgan fingerprint density at radius 1 is 1.17 bits per heavy atom. The second-order valence-corrected chi connectivity index (χ2v) is 7.77. The van der Waals surface area contributed by atoms with Gasteiger partial charge in [-0.2, -0.15) is 0 Å². The van der Waals surface area contributed by atoms with Crippen LogP contribution < -0.4 is 0 Å². The van der Waals surface area contributed by atoms with Crippen LogP contribution in [-0.2, 0) is 4.74 Å². The normalized spacial score (nSPS) is 47.7. The molecule has 0 bridgehead atoms. The van der Waals surface area contributed by atoms with Gasteiger partial charge in [0.2, 0.25) is 0 Å². The molecule has 2 rings (SSSR count). The molecule has 0 amide bonds. The third-order valence-electron chi connectivity index (χ3n) is 5.40. The second-order valence-electron chi connectivity index (χ2n) is 7.77. The van der Waals surface area contributed by atoms with Crippen LogP contribution in [0.4, 0.5) is 0 Å². The van der Waals surface area contributed by atoms with Crippen molar-refractivity contribution in [2.75, 3.05) is 0 Å². The zero-order valence-corrected chi connectivity index (χ0v) is 12.7. The molecule has 2 saturated carbocycles. The van der Waals surface area contributed by atoms with Crippen LogP contribution in [-0.4, -0.2) is 23.4 Å². The fraction of sp³-hybridized carbons (Fsp3) is 1.00. The van der Waals surface area contributed by atoms with Crippen LogP contribution in [0.3, 0.4) is 0 Å². The number of hydrogen-bond acceptors (Lipinski definition) is 2. The number of rotatable bonds is 3. The van der Waals surface area contributed by atoms with Crippen LogP contribution in [0.1, 0.15) is 66.7 Å². The fourth-order valence-electron chi connectivity index (χ4n) is 4.06. The summed E-state index contributed by atoms with van der Waals surface area (Å²) in [7, 11) is 0. The molecule has 2 nitrogen and oxygen atoms in total. The minimum absolute atomic E-state index is 0.00910. The van der Waals surface area contributed by atoms with Crippen molar-refractivity contribution >= 4 is 0 Å². The van der Waals surface area contributed by atoms with Gasteiger partial charge in [-0.1, -0.05) is 34.6 Å². The van der Waals surface area contributed by atoms with E-state index in [1.165, 1.54) is 19.3 Å². The number of aliphatic hydroxyl groups excluding tert-OH is 1. The highest BCUT2D eigenvalue weighted by Crippen LogP contribution is 2.48. The first kappa shape index (κ1) is 14.3. The zero-order valence-electron chi connectivity index (χ0n) is 12.7. The molecule has 0 radical (unpaired) electrons. The molecular formula is C16H30O2. The van der Waals surface area contributed by atoms with Crippen LogP contribution in [0, 0.1) is 16.7 Å². The summed E-state index contributed by atoms with van der Waals surface area (Å²) in [5.41, 5.74) is 0.401. The molecule has 0 aromatic carbocycles. The molecule has 1 N–H and O–H groups in total. The quantitative estimate of drug-likeness (QED) is 0.831. The van der Waals surface area contributed by atoms with E-state index >= 15 is 0 Å². The maximum absolute atomic E-state index is 9.94. The highest BCUT2D eigenvalue weighted by Gasteiger charge is 2.51. The van der Waals surface area contributed by atoms with Crippen LogP contribution in [0.15, 0.2) is 0 Å². The van der Waals surface area contributed by atoms with Gasteiger partial charge in [0, 0.05) is 11.8 Å². The Kier molecular flexibility index (Phi) is 3.81. The van der Waals surface area contributed by atoms with Crippen LogP contribution in [0.2, 0.25) is 0 Å².